The third kappa shape index (κ3) is 3.32. The smallest absolute Gasteiger partial charge is 0.253 e. The molecule has 1 atom stereocenters. The number of pyridine rings is 1. The number of halogens is 1. The van der Waals surface area contributed by atoms with Gasteiger partial charge in [-0.25, -0.2) is 0 Å². The minimum atomic E-state index is -0.639. The fraction of sp³-hybridized carbons (Fsp3) is 0.300. The van der Waals surface area contributed by atoms with Gasteiger partial charge in [-0.05, 0) is 30.2 Å². The molecule has 15 heavy (non-hydrogen) atoms. The maximum absolute atomic E-state index is 11.6. The summed E-state index contributed by atoms with van der Waals surface area (Å²) in [6, 6.07) is 2.63. The quantitative estimate of drug-likeness (QED) is 0.789. The Kier molecular flexibility index (Phi) is 4.24. The molecule has 1 rings (SSSR count). The first-order valence-electron chi connectivity index (χ1n) is 4.55. The number of nitrogens with zero attached hydrogens (tertiary/aromatic N) is 1. The van der Waals surface area contributed by atoms with E-state index in [4.69, 9.17) is 11.6 Å². The molecule has 0 aromatic carbocycles. The molecular formula is C10H11ClN2O2. The third-order valence-electron chi connectivity index (χ3n) is 1.91. The zero-order valence-electron chi connectivity index (χ0n) is 8.24. The number of nitrogens with one attached hydrogen (secondary N) is 1. The molecule has 1 unspecified atom stereocenters. The van der Waals surface area contributed by atoms with Crippen LogP contribution in [0.5, 0.6) is 0 Å². The summed E-state index contributed by atoms with van der Waals surface area (Å²) < 4.78 is 0. The second kappa shape index (κ2) is 5.46. The van der Waals surface area contributed by atoms with Crippen LogP contribution in [0.4, 0.5) is 0 Å². The lowest BCUT2D eigenvalue weighted by molar-refractivity contribution is -0.113. The molecule has 1 N–H and O–H groups in total. The van der Waals surface area contributed by atoms with E-state index in [9.17, 15) is 9.59 Å². The second-order valence-corrected chi connectivity index (χ2v) is 3.35. The van der Waals surface area contributed by atoms with Gasteiger partial charge in [-0.2, -0.15) is 0 Å². The van der Waals surface area contributed by atoms with Gasteiger partial charge in [0, 0.05) is 12.4 Å². The van der Waals surface area contributed by atoms with E-state index in [0.717, 1.165) is 0 Å². The van der Waals surface area contributed by atoms with Gasteiger partial charge in [0.05, 0.1) is 5.56 Å². The molecule has 1 heterocycles. The largest absolute Gasteiger partial charge is 0.341 e. The van der Waals surface area contributed by atoms with Crippen LogP contribution >= 0.6 is 11.6 Å². The summed E-state index contributed by atoms with van der Waals surface area (Å²) in [5.74, 6) is -0.344. The number of carbonyl (C=O) groups excluding carboxylic acids is 2. The van der Waals surface area contributed by atoms with E-state index < -0.39 is 11.3 Å². The number of aromatic nitrogens is 1. The maximum atomic E-state index is 11.6. The summed E-state index contributed by atoms with van der Waals surface area (Å²) in [7, 11) is 0. The summed E-state index contributed by atoms with van der Waals surface area (Å²) in [4.78, 5) is 26.2. The Bertz CT molecular complexity index is 354. The first-order valence-corrected chi connectivity index (χ1v) is 4.93. The van der Waals surface area contributed by atoms with Crippen LogP contribution in [-0.2, 0) is 4.79 Å². The van der Waals surface area contributed by atoms with E-state index in [1.54, 1.807) is 25.3 Å². The highest BCUT2D eigenvalue weighted by Gasteiger charge is 2.17. The van der Waals surface area contributed by atoms with Crippen LogP contribution in [0.25, 0.3) is 0 Å². The summed E-state index contributed by atoms with van der Waals surface area (Å²) in [5.41, 5.74) is 0.411. The van der Waals surface area contributed by atoms with Crippen LogP contribution in [0.15, 0.2) is 24.5 Å². The fourth-order valence-electron chi connectivity index (χ4n) is 1.06. The van der Waals surface area contributed by atoms with Gasteiger partial charge in [-0.3, -0.25) is 14.6 Å². The number of rotatable bonds is 4. The van der Waals surface area contributed by atoms with Crippen molar-refractivity contribution in [2.75, 3.05) is 0 Å². The molecular weight excluding hydrogens is 216 g/mol. The van der Waals surface area contributed by atoms with E-state index >= 15 is 0 Å². The average molecular weight is 227 g/mol. The summed E-state index contributed by atoms with van der Waals surface area (Å²) in [6.45, 7) is 1.77. The van der Waals surface area contributed by atoms with Crippen molar-refractivity contribution < 1.29 is 9.59 Å². The van der Waals surface area contributed by atoms with Crippen molar-refractivity contribution in [2.45, 2.75) is 19.4 Å². The van der Waals surface area contributed by atoms with Crippen molar-refractivity contribution in [1.82, 2.24) is 10.3 Å². The lowest BCUT2D eigenvalue weighted by Crippen LogP contribution is -2.38. The molecule has 0 radical (unpaired) electrons. The zero-order valence-corrected chi connectivity index (χ0v) is 8.99. The van der Waals surface area contributed by atoms with Crippen molar-refractivity contribution in [3.8, 4) is 0 Å². The van der Waals surface area contributed by atoms with Gasteiger partial charge < -0.3 is 5.32 Å². The first-order chi connectivity index (χ1) is 7.15. The van der Waals surface area contributed by atoms with Crippen LogP contribution in [0.2, 0.25) is 0 Å². The highest BCUT2D eigenvalue weighted by Crippen LogP contribution is 2.01. The zero-order chi connectivity index (χ0) is 11.3. The Morgan fingerprint density at radius 3 is 2.80 bits per heavy atom. The van der Waals surface area contributed by atoms with E-state index in [-0.39, 0.29) is 5.91 Å². The molecule has 0 aliphatic heterocycles. The first kappa shape index (κ1) is 11.7. The molecule has 1 aromatic heterocycles. The molecule has 0 aliphatic carbocycles. The van der Waals surface area contributed by atoms with Gasteiger partial charge in [-0.15, -0.1) is 0 Å². The molecule has 0 saturated carbocycles. The minimum absolute atomic E-state index is 0.344. The maximum Gasteiger partial charge on any atom is 0.253 e. The normalized spacial score (nSPS) is 11.9. The van der Waals surface area contributed by atoms with Gasteiger partial charge in [0.15, 0.2) is 0 Å². The van der Waals surface area contributed by atoms with E-state index in [0.29, 0.717) is 12.0 Å². The molecule has 0 saturated heterocycles. The standard InChI is InChI=1S/C10H11ClN2O2/c1-2-8(9(11)14)13-10(15)7-4-3-5-12-6-7/h3-6,8H,2H2,1H3,(H,13,15). The number of hydrogen-bond acceptors (Lipinski definition) is 3. The number of hydrogen-bond donors (Lipinski definition) is 1. The van der Waals surface area contributed by atoms with Gasteiger partial charge in [0.1, 0.15) is 6.04 Å². The van der Waals surface area contributed by atoms with Gasteiger partial charge in [-0.1, -0.05) is 6.92 Å². The molecule has 0 bridgehead atoms. The second-order valence-electron chi connectivity index (χ2n) is 2.98. The van der Waals surface area contributed by atoms with Gasteiger partial charge >= 0.3 is 0 Å². The third-order valence-corrected chi connectivity index (χ3v) is 2.17. The number of amides is 1. The van der Waals surface area contributed by atoms with Gasteiger partial charge in [0.2, 0.25) is 5.24 Å². The minimum Gasteiger partial charge on any atom is -0.341 e. The number of carbonyl (C=O) groups is 2. The van der Waals surface area contributed by atoms with E-state index in [1.165, 1.54) is 6.20 Å². The molecule has 0 spiro atoms. The lowest BCUT2D eigenvalue weighted by atomic mass is 10.2. The molecule has 1 amide bonds. The van der Waals surface area contributed by atoms with Crippen LogP contribution in [0.3, 0.4) is 0 Å². The van der Waals surface area contributed by atoms with E-state index in [2.05, 4.69) is 10.3 Å². The van der Waals surface area contributed by atoms with Crippen LogP contribution in [0, 0.1) is 0 Å². The van der Waals surface area contributed by atoms with Crippen molar-refractivity contribution >= 4 is 22.8 Å². The Morgan fingerprint density at radius 1 is 1.60 bits per heavy atom. The summed E-state index contributed by atoms with van der Waals surface area (Å²) in [6.07, 6.45) is 3.47. The summed E-state index contributed by atoms with van der Waals surface area (Å²) in [5, 5.41) is 1.96. The SMILES string of the molecule is CCC(NC(=O)c1cccnc1)C(=O)Cl. The Labute approximate surface area is 92.7 Å². The fourth-order valence-corrected chi connectivity index (χ4v) is 1.27. The monoisotopic (exact) mass is 226 g/mol. The van der Waals surface area contributed by atoms with Gasteiger partial charge in [0.25, 0.3) is 5.91 Å². The lowest BCUT2D eigenvalue weighted by Gasteiger charge is -2.11. The van der Waals surface area contributed by atoms with Crippen molar-refractivity contribution in [1.29, 1.82) is 0 Å². The molecule has 1 aromatic rings. The van der Waals surface area contributed by atoms with Crippen molar-refractivity contribution in [3.05, 3.63) is 30.1 Å². The Hall–Kier alpha value is -1.42. The predicted molar refractivity (Wildman–Crippen MR) is 56.6 cm³/mol. The molecule has 80 valence electrons. The Balaban J connectivity index is 2.67. The van der Waals surface area contributed by atoms with E-state index in [1.807, 2.05) is 0 Å². The van der Waals surface area contributed by atoms with Crippen LogP contribution in [-0.4, -0.2) is 22.2 Å². The summed E-state index contributed by atoms with van der Waals surface area (Å²) >= 11 is 5.31. The molecule has 0 aliphatic rings. The molecule has 4 nitrogen and oxygen atoms in total. The van der Waals surface area contributed by atoms with Crippen LogP contribution < -0.4 is 5.32 Å². The van der Waals surface area contributed by atoms with Crippen molar-refractivity contribution in [2.24, 2.45) is 0 Å². The van der Waals surface area contributed by atoms with Crippen molar-refractivity contribution in [3.63, 3.8) is 0 Å². The average Bonchev–Trinajstić information content (AvgIpc) is 2.26. The van der Waals surface area contributed by atoms with Crippen LogP contribution in [0.1, 0.15) is 23.7 Å². The molecule has 0 fully saturated rings. The highest BCUT2D eigenvalue weighted by atomic mass is 35.5. The highest BCUT2D eigenvalue weighted by molar-refractivity contribution is 6.64. The molecule has 5 heteroatoms. The topological polar surface area (TPSA) is 59.1 Å². The Morgan fingerprint density at radius 2 is 2.33 bits per heavy atom. The predicted octanol–water partition coefficient (Wildman–Crippen LogP) is 1.36.